The van der Waals surface area contributed by atoms with Crippen molar-refractivity contribution in [3.63, 3.8) is 0 Å². The zero-order valence-electron chi connectivity index (χ0n) is 18.5. The van der Waals surface area contributed by atoms with Crippen molar-refractivity contribution in [3.8, 4) is 0 Å². The Labute approximate surface area is 193 Å². The summed E-state index contributed by atoms with van der Waals surface area (Å²) in [5.41, 5.74) is 2.41. The Bertz CT molecular complexity index is 1270. The van der Waals surface area contributed by atoms with Crippen molar-refractivity contribution in [2.45, 2.75) is 44.2 Å². The second-order valence-electron chi connectivity index (χ2n) is 9.42. The number of carbonyl (C=O) groups is 1. The number of para-hydroxylation sites is 1. The molecule has 2 heterocycles. The van der Waals surface area contributed by atoms with Crippen molar-refractivity contribution in [3.05, 3.63) is 76.5 Å². The fraction of sp³-hybridized carbons (Fsp3) is 0.346. The van der Waals surface area contributed by atoms with E-state index in [2.05, 4.69) is 4.98 Å². The average molecular weight is 472 g/mol. The molecule has 2 N–H and O–H groups in total. The topological polar surface area (TPSA) is 56.3 Å². The highest BCUT2D eigenvalue weighted by molar-refractivity contribution is 5.86. The van der Waals surface area contributed by atoms with Gasteiger partial charge in [0.25, 0.3) is 0 Å². The summed E-state index contributed by atoms with van der Waals surface area (Å²) in [6, 6.07) is 8.91. The van der Waals surface area contributed by atoms with Crippen LogP contribution in [0.25, 0.3) is 17.0 Å². The van der Waals surface area contributed by atoms with E-state index in [0.717, 1.165) is 40.8 Å². The molecular weight excluding hydrogens is 448 g/mol. The summed E-state index contributed by atoms with van der Waals surface area (Å²) in [4.78, 5) is 16.1. The standard InChI is InChI=1S/C26H24F4N2O2/c1-14-8-18-17-4-2-3-5-21(17)31-24(18)25(32(14)13-16-11-26(29,30)12-16)23-19(27)9-15(10-20(23)28)6-7-22(33)34/h2-7,9-10,14,16,25,31H,8,11-13H2,1H3,(H,33,34)/b7-6+/t14-,25-/m1/s1. The van der Waals surface area contributed by atoms with Gasteiger partial charge >= 0.3 is 5.97 Å². The fourth-order valence-electron chi connectivity index (χ4n) is 5.44. The van der Waals surface area contributed by atoms with Gasteiger partial charge in [-0.15, -0.1) is 0 Å². The first-order chi connectivity index (χ1) is 16.1. The summed E-state index contributed by atoms with van der Waals surface area (Å²) < 4.78 is 58.0. The van der Waals surface area contributed by atoms with E-state index in [0.29, 0.717) is 18.7 Å². The van der Waals surface area contributed by atoms with Crippen molar-refractivity contribution in [2.24, 2.45) is 5.92 Å². The minimum atomic E-state index is -2.68. The second-order valence-corrected chi connectivity index (χ2v) is 9.42. The number of rotatable bonds is 5. The predicted octanol–water partition coefficient (Wildman–Crippen LogP) is 5.93. The average Bonchev–Trinajstić information content (AvgIpc) is 3.10. The van der Waals surface area contributed by atoms with E-state index in [4.69, 9.17) is 5.11 Å². The highest BCUT2D eigenvalue weighted by atomic mass is 19.3. The second kappa shape index (κ2) is 8.27. The number of hydrogen-bond acceptors (Lipinski definition) is 2. The summed E-state index contributed by atoms with van der Waals surface area (Å²) in [5.74, 6) is -5.78. The van der Waals surface area contributed by atoms with Gasteiger partial charge in [0.05, 0.1) is 6.04 Å². The van der Waals surface area contributed by atoms with Crippen LogP contribution in [0.15, 0.2) is 42.5 Å². The van der Waals surface area contributed by atoms with Gasteiger partial charge in [-0.05, 0) is 54.7 Å². The van der Waals surface area contributed by atoms with Crippen molar-refractivity contribution in [1.82, 2.24) is 9.88 Å². The molecule has 4 nitrogen and oxygen atoms in total. The van der Waals surface area contributed by atoms with Crippen LogP contribution in [-0.2, 0) is 11.2 Å². The summed E-state index contributed by atoms with van der Waals surface area (Å²) in [5, 5.41) is 9.80. The Morgan fingerprint density at radius 1 is 1.21 bits per heavy atom. The quantitative estimate of drug-likeness (QED) is 0.358. The van der Waals surface area contributed by atoms with Crippen LogP contribution in [0.5, 0.6) is 0 Å². The van der Waals surface area contributed by atoms with E-state index in [1.807, 2.05) is 36.1 Å². The summed E-state index contributed by atoms with van der Waals surface area (Å²) in [6.45, 7) is 2.25. The molecule has 3 aromatic rings. The van der Waals surface area contributed by atoms with Gasteiger partial charge in [0.2, 0.25) is 5.92 Å². The Morgan fingerprint density at radius 2 is 1.88 bits per heavy atom. The van der Waals surface area contributed by atoms with E-state index in [1.54, 1.807) is 0 Å². The van der Waals surface area contributed by atoms with Gasteiger partial charge in [0.1, 0.15) is 11.6 Å². The molecule has 0 unspecified atom stereocenters. The number of alkyl halides is 2. The first-order valence-electron chi connectivity index (χ1n) is 11.3. The van der Waals surface area contributed by atoms with Crippen LogP contribution in [0.3, 0.4) is 0 Å². The van der Waals surface area contributed by atoms with Crippen molar-refractivity contribution >= 4 is 22.9 Å². The van der Waals surface area contributed by atoms with Gasteiger partial charge in [-0.25, -0.2) is 22.4 Å². The molecule has 0 radical (unpaired) electrons. The van der Waals surface area contributed by atoms with Crippen LogP contribution >= 0.6 is 0 Å². The van der Waals surface area contributed by atoms with Crippen molar-refractivity contribution in [1.29, 1.82) is 0 Å². The van der Waals surface area contributed by atoms with Crippen LogP contribution < -0.4 is 0 Å². The molecule has 1 aromatic heterocycles. The SMILES string of the molecule is C[C@@H]1Cc2c([nH]c3ccccc23)[C@@H](c2c(F)cc(/C=C/C(=O)O)cc2F)N1CC1CC(F)(F)C1. The number of aromatic amines is 1. The molecule has 1 saturated carbocycles. The fourth-order valence-corrected chi connectivity index (χ4v) is 5.44. The third-order valence-corrected chi connectivity index (χ3v) is 6.95. The molecule has 5 rings (SSSR count). The van der Waals surface area contributed by atoms with Gasteiger partial charge < -0.3 is 10.1 Å². The summed E-state index contributed by atoms with van der Waals surface area (Å²) in [6.07, 6.45) is 2.11. The molecule has 2 atom stereocenters. The van der Waals surface area contributed by atoms with E-state index < -0.39 is 29.6 Å². The van der Waals surface area contributed by atoms with E-state index in [9.17, 15) is 13.6 Å². The van der Waals surface area contributed by atoms with Crippen LogP contribution in [0, 0.1) is 17.6 Å². The van der Waals surface area contributed by atoms with Crippen LogP contribution in [0.1, 0.15) is 48.2 Å². The largest absolute Gasteiger partial charge is 0.478 e. The Balaban J connectivity index is 1.62. The van der Waals surface area contributed by atoms with Gasteiger partial charge in [0.15, 0.2) is 0 Å². The lowest BCUT2D eigenvalue weighted by molar-refractivity contribution is -0.131. The van der Waals surface area contributed by atoms with Gasteiger partial charge in [-0.2, -0.15) is 0 Å². The Morgan fingerprint density at radius 3 is 2.53 bits per heavy atom. The lowest BCUT2D eigenvalue weighted by Crippen LogP contribution is -2.49. The van der Waals surface area contributed by atoms with Crippen molar-refractivity contribution in [2.75, 3.05) is 6.54 Å². The van der Waals surface area contributed by atoms with Crippen LogP contribution in [0.2, 0.25) is 0 Å². The normalized spacial score (nSPS) is 22.7. The molecule has 1 fully saturated rings. The lowest BCUT2D eigenvalue weighted by atomic mass is 9.79. The van der Waals surface area contributed by atoms with Gasteiger partial charge in [0, 0.05) is 53.7 Å². The molecule has 0 spiro atoms. The Kier molecular flexibility index (Phi) is 5.51. The number of carboxylic acids is 1. The number of aromatic nitrogens is 1. The lowest BCUT2D eigenvalue weighted by Gasteiger charge is -2.46. The van der Waals surface area contributed by atoms with Gasteiger partial charge in [-0.3, -0.25) is 4.90 Å². The number of aliphatic carboxylic acids is 1. The molecule has 2 aromatic carbocycles. The number of hydrogen-bond donors (Lipinski definition) is 2. The number of carboxylic acid groups (broad SMARTS) is 1. The summed E-state index contributed by atoms with van der Waals surface area (Å²) in [7, 11) is 0. The number of halogens is 4. The van der Waals surface area contributed by atoms with E-state index in [-0.39, 0.29) is 35.9 Å². The molecule has 34 heavy (non-hydrogen) atoms. The maximum absolute atomic E-state index is 15.4. The molecule has 0 amide bonds. The molecular formula is C26H24F4N2O2. The number of H-pyrrole nitrogens is 1. The van der Waals surface area contributed by atoms with Crippen LogP contribution in [0.4, 0.5) is 17.6 Å². The molecule has 1 aliphatic carbocycles. The molecule has 0 saturated heterocycles. The maximum atomic E-state index is 15.4. The third kappa shape index (κ3) is 4.00. The van der Waals surface area contributed by atoms with E-state index >= 15 is 8.78 Å². The number of nitrogens with one attached hydrogen (secondary N) is 1. The first kappa shape index (κ1) is 22.7. The minimum Gasteiger partial charge on any atom is -0.478 e. The summed E-state index contributed by atoms with van der Waals surface area (Å²) >= 11 is 0. The Hall–Kier alpha value is -3.13. The number of nitrogens with zero attached hydrogens (tertiary/aromatic N) is 1. The maximum Gasteiger partial charge on any atom is 0.328 e. The monoisotopic (exact) mass is 472 g/mol. The van der Waals surface area contributed by atoms with Gasteiger partial charge in [-0.1, -0.05) is 18.2 Å². The van der Waals surface area contributed by atoms with Crippen molar-refractivity contribution < 1.29 is 27.5 Å². The molecule has 178 valence electrons. The molecule has 8 heteroatoms. The first-order valence-corrected chi connectivity index (χ1v) is 11.3. The zero-order valence-corrected chi connectivity index (χ0v) is 18.5. The predicted molar refractivity (Wildman–Crippen MR) is 121 cm³/mol. The smallest absolute Gasteiger partial charge is 0.328 e. The minimum absolute atomic E-state index is 0.0899. The van der Waals surface area contributed by atoms with E-state index in [1.165, 1.54) is 0 Å². The number of fused-ring (bicyclic) bond motifs is 3. The van der Waals surface area contributed by atoms with Crippen LogP contribution in [-0.4, -0.2) is 39.5 Å². The highest BCUT2D eigenvalue weighted by Crippen LogP contribution is 2.47. The molecule has 0 bridgehead atoms. The molecule has 2 aliphatic rings. The zero-order chi connectivity index (χ0) is 24.2. The third-order valence-electron chi connectivity index (χ3n) is 6.95. The number of benzene rings is 2. The highest BCUT2D eigenvalue weighted by Gasteiger charge is 2.48. The molecule has 1 aliphatic heterocycles.